The summed E-state index contributed by atoms with van der Waals surface area (Å²) in [6.45, 7) is 6.36. The number of amides is 2. The van der Waals surface area contributed by atoms with Crippen LogP contribution in [-0.4, -0.2) is 69.8 Å². The number of morpholine rings is 1. The van der Waals surface area contributed by atoms with Gasteiger partial charge in [-0.25, -0.2) is 0 Å². The Kier molecular flexibility index (Phi) is 8.15. The second-order valence-corrected chi connectivity index (χ2v) is 6.48. The van der Waals surface area contributed by atoms with E-state index >= 15 is 0 Å². The third-order valence-electron chi connectivity index (χ3n) is 4.23. The van der Waals surface area contributed by atoms with Gasteiger partial charge in [0.25, 0.3) is 0 Å². The zero-order valence-electron chi connectivity index (χ0n) is 15.3. The van der Waals surface area contributed by atoms with E-state index in [1.807, 2.05) is 0 Å². The van der Waals surface area contributed by atoms with E-state index in [1.54, 1.807) is 18.2 Å². The second-order valence-electron chi connectivity index (χ2n) is 6.04. The number of methoxy groups -OCH3 is 1. The van der Waals surface area contributed by atoms with E-state index in [-0.39, 0.29) is 24.8 Å². The van der Waals surface area contributed by atoms with Crippen LogP contribution in [0.15, 0.2) is 18.2 Å². The van der Waals surface area contributed by atoms with E-state index in [0.29, 0.717) is 23.0 Å². The fraction of sp³-hybridized carbons (Fsp3) is 0.556. The van der Waals surface area contributed by atoms with Gasteiger partial charge in [-0.05, 0) is 18.2 Å². The molecule has 0 bridgehead atoms. The van der Waals surface area contributed by atoms with E-state index < -0.39 is 0 Å². The van der Waals surface area contributed by atoms with Gasteiger partial charge >= 0.3 is 0 Å². The number of hydrogen-bond donors (Lipinski definition) is 1. The Morgan fingerprint density at radius 1 is 1.35 bits per heavy atom. The average molecular weight is 384 g/mol. The molecule has 2 rings (SSSR count). The monoisotopic (exact) mass is 383 g/mol. The topological polar surface area (TPSA) is 71.1 Å². The van der Waals surface area contributed by atoms with Gasteiger partial charge in [-0.15, -0.1) is 0 Å². The largest absolute Gasteiger partial charge is 0.495 e. The van der Waals surface area contributed by atoms with Crippen molar-refractivity contribution in [3.63, 3.8) is 0 Å². The summed E-state index contributed by atoms with van der Waals surface area (Å²) < 4.78 is 10.6. The standard InChI is InChI=1S/C18H26ClN3O4/c1-14(23)22(16-13-15(19)3-4-17(16)25-2)7-5-18(24)20-6-8-21-9-11-26-12-10-21/h3-4,13H,5-12H2,1-2H3,(H,20,24). The van der Waals surface area contributed by atoms with Crippen LogP contribution in [0.4, 0.5) is 5.69 Å². The van der Waals surface area contributed by atoms with Crippen molar-refractivity contribution in [2.75, 3.05) is 57.9 Å². The summed E-state index contributed by atoms with van der Waals surface area (Å²) in [4.78, 5) is 27.9. The highest BCUT2D eigenvalue weighted by Gasteiger charge is 2.18. The third kappa shape index (κ3) is 6.16. The molecule has 1 aromatic rings. The van der Waals surface area contributed by atoms with Gasteiger partial charge in [0.05, 0.1) is 26.0 Å². The molecule has 0 aliphatic carbocycles. The molecular weight excluding hydrogens is 358 g/mol. The number of nitrogens with zero attached hydrogens (tertiary/aromatic N) is 2. The lowest BCUT2D eigenvalue weighted by Crippen LogP contribution is -2.42. The maximum atomic E-state index is 12.1. The van der Waals surface area contributed by atoms with Gasteiger partial charge in [-0.3, -0.25) is 14.5 Å². The summed E-state index contributed by atoms with van der Waals surface area (Å²) in [6, 6.07) is 5.06. The van der Waals surface area contributed by atoms with Crippen molar-refractivity contribution in [3.8, 4) is 5.75 Å². The van der Waals surface area contributed by atoms with Crippen molar-refractivity contribution < 1.29 is 19.1 Å². The predicted molar refractivity (Wildman–Crippen MR) is 101 cm³/mol. The van der Waals surface area contributed by atoms with E-state index in [0.717, 1.165) is 32.8 Å². The van der Waals surface area contributed by atoms with Crippen LogP contribution in [0.2, 0.25) is 5.02 Å². The first-order valence-electron chi connectivity index (χ1n) is 8.69. The maximum absolute atomic E-state index is 12.1. The van der Waals surface area contributed by atoms with E-state index in [4.69, 9.17) is 21.1 Å². The molecule has 1 fully saturated rings. The van der Waals surface area contributed by atoms with Crippen LogP contribution in [0, 0.1) is 0 Å². The molecule has 1 heterocycles. The Labute approximate surface area is 159 Å². The van der Waals surface area contributed by atoms with Gasteiger partial charge in [-0.1, -0.05) is 11.6 Å². The number of benzene rings is 1. The van der Waals surface area contributed by atoms with E-state index in [9.17, 15) is 9.59 Å². The van der Waals surface area contributed by atoms with Gasteiger partial charge in [0.1, 0.15) is 5.75 Å². The van der Waals surface area contributed by atoms with Crippen LogP contribution in [0.5, 0.6) is 5.75 Å². The summed E-state index contributed by atoms with van der Waals surface area (Å²) in [5, 5.41) is 3.40. The highest BCUT2D eigenvalue weighted by molar-refractivity contribution is 6.31. The first kappa shape index (κ1) is 20.5. The first-order valence-corrected chi connectivity index (χ1v) is 9.07. The molecule has 2 amide bonds. The fourth-order valence-electron chi connectivity index (χ4n) is 2.80. The molecule has 1 aromatic carbocycles. The van der Waals surface area contributed by atoms with Crippen molar-refractivity contribution in [1.29, 1.82) is 0 Å². The fourth-order valence-corrected chi connectivity index (χ4v) is 2.97. The average Bonchev–Trinajstić information content (AvgIpc) is 2.63. The lowest BCUT2D eigenvalue weighted by atomic mass is 10.2. The third-order valence-corrected chi connectivity index (χ3v) is 4.46. The Bertz CT molecular complexity index is 620. The van der Waals surface area contributed by atoms with Crippen molar-refractivity contribution >= 4 is 29.1 Å². The Hall–Kier alpha value is -1.83. The van der Waals surface area contributed by atoms with Gasteiger partial charge < -0.3 is 19.7 Å². The molecule has 26 heavy (non-hydrogen) atoms. The second kappa shape index (κ2) is 10.4. The Morgan fingerprint density at radius 3 is 2.73 bits per heavy atom. The highest BCUT2D eigenvalue weighted by atomic mass is 35.5. The van der Waals surface area contributed by atoms with Crippen LogP contribution in [0.25, 0.3) is 0 Å². The molecule has 1 aliphatic rings. The van der Waals surface area contributed by atoms with Crippen LogP contribution in [0.1, 0.15) is 13.3 Å². The number of hydrogen-bond acceptors (Lipinski definition) is 5. The predicted octanol–water partition coefficient (Wildman–Crippen LogP) is 1.54. The van der Waals surface area contributed by atoms with Crippen molar-refractivity contribution in [1.82, 2.24) is 10.2 Å². The number of halogens is 1. The number of nitrogens with one attached hydrogen (secondary N) is 1. The summed E-state index contributed by atoms with van der Waals surface area (Å²) in [5.74, 6) is 0.273. The van der Waals surface area contributed by atoms with Gasteiger partial charge in [0.15, 0.2) is 0 Å². The van der Waals surface area contributed by atoms with Crippen LogP contribution in [-0.2, 0) is 14.3 Å². The van der Waals surface area contributed by atoms with E-state index in [1.165, 1.54) is 18.9 Å². The number of anilines is 1. The quantitative estimate of drug-likeness (QED) is 0.737. The lowest BCUT2D eigenvalue weighted by molar-refractivity contribution is -0.121. The molecule has 0 atom stereocenters. The molecule has 1 N–H and O–H groups in total. The van der Waals surface area contributed by atoms with Crippen LogP contribution in [0.3, 0.4) is 0 Å². The molecule has 0 unspecified atom stereocenters. The molecule has 0 spiro atoms. The minimum absolute atomic E-state index is 0.0921. The molecular formula is C18H26ClN3O4. The Balaban J connectivity index is 1.85. The zero-order valence-corrected chi connectivity index (χ0v) is 16.1. The first-order chi connectivity index (χ1) is 12.5. The number of rotatable bonds is 8. The highest BCUT2D eigenvalue weighted by Crippen LogP contribution is 2.31. The minimum Gasteiger partial charge on any atom is -0.495 e. The zero-order chi connectivity index (χ0) is 18.9. The summed E-state index contributed by atoms with van der Waals surface area (Å²) in [6.07, 6.45) is 0.207. The molecule has 0 aromatic heterocycles. The molecule has 1 saturated heterocycles. The number of carbonyl (C=O) groups is 2. The van der Waals surface area contributed by atoms with Crippen molar-refractivity contribution in [2.45, 2.75) is 13.3 Å². The number of ether oxygens (including phenoxy) is 2. The summed E-state index contributed by atoms with van der Waals surface area (Å²) in [5.41, 5.74) is 0.564. The molecule has 8 heteroatoms. The molecule has 0 radical (unpaired) electrons. The molecule has 1 aliphatic heterocycles. The van der Waals surface area contributed by atoms with Crippen molar-refractivity contribution in [3.05, 3.63) is 23.2 Å². The molecule has 7 nitrogen and oxygen atoms in total. The van der Waals surface area contributed by atoms with Crippen LogP contribution < -0.4 is 15.0 Å². The smallest absolute Gasteiger partial charge is 0.223 e. The van der Waals surface area contributed by atoms with Gasteiger partial charge in [0.2, 0.25) is 11.8 Å². The lowest BCUT2D eigenvalue weighted by Gasteiger charge is -2.26. The SMILES string of the molecule is COc1ccc(Cl)cc1N(CCC(=O)NCCN1CCOCC1)C(C)=O. The van der Waals surface area contributed by atoms with Crippen molar-refractivity contribution in [2.24, 2.45) is 0 Å². The summed E-state index contributed by atoms with van der Waals surface area (Å²) >= 11 is 6.04. The van der Waals surface area contributed by atoms with Gasteiger partial charge in [0, 0.05) is 51.1 Å². The Morgan fingerprint density at radius 2 is 2.08 bits per heavy atom. The van der Waals surface area contributed by atoms with Gasteiger partial charge in [-0.2, -0.15) is 0 Å². The molecule has 144 valence electrons. The normalized spacial score (nSPS) is 14.7. The maximum Gasteiger partial charge on any atom is 0.223 e. The van der Waals surface area contributed by atoms with Crippen LogP contribution >= 0.6 is 11.6 Å². The minimum atomic E-state index is -0.174. The number of carbonyl (C=O) groups excluding carboxylic acids is 2. The summed E-state index contributed by atoms with van der Waals surface area (Å²) in [7, 11) is 1.53. The van der Waals surface area contributed by atoms with E-state index in [2.05, 4.69) is 10.2 Å². The molecule has 0 saturated carbocycles.